The van der Waals surface area contributed by atoms with Gasteiger partial charge in [0.25, 0.3) is 5.69 Å². The molecule has 120 valence electrons. The molecule has 9 heteroatoms. The zero-order chi connectivity index (χ0) is 16.8. The van der Waals surface area contributed by atoms with Crippen LogP contribution in [0, 0.1) is 10.1 Å². The Balaban J connectivity index is 2.34. The van der Waals surface area contributed by atoms with Crippen molar-refractivity contribution in [3.63, 3.8) is 0 Å². The van der Waals surface area contributed by atoms with E-state index in [-0.39, 0.29) is 12.3 Å². The zero-order valence-electron chi connectivity index (χ0n) is 12.4. The second-order valence-electron chi connectivity index (χ2n) is 5.25. The minimum atomic E-state index is -0.885. The molecule has 0 unspecified atom stereocenters. The quantitative estimate of drug-likeness (QED) is 0.652. The van der Waals surface area contributed by atoms with E-state index in [9.17, 15) is 19.7 Å². The monoisotopic (exact) mass is 311 g/mol. The lowest BCUT2D eigenvalue weighted by Crippen LogP contribution is -2.44. The van der Waals surface area contributed by atoms with Crippen LogP contribution in [0.4, 0.5) is 15.3 Å². The molecular formula is C13H17N3O6. The molecule has 1 aromatic carbocycles. The first-order chi connectivity index (χ1) is 10.2. The molecule has 0 saturated carbocycles. The van der Waals surface area contributed by atoms with Crippen molar-refractivity contribution >= 4 is 17.9 Å². The number of non-ortho nitro benzene ring substituents is 1. The Bertz CT molecular complexity index is 550. The maximum atomic E-state index is 11.3. The second kappa shape index (κ2) is 7.25. The lowest BCUT2D eigenvalue weighted by molar-refractivity contribution is -0.384. The maximum absolute atomic E-state index is 11.3. The highest BCUT2D eigenvalue weighted by atomic mass is 16.6. The van der Waals surface area contributed by atoms with Gasteiger partial charge in [-0.25, -0.2) is 20.4 Å². The molecule has 0 spiro atoms. The fraction of sp³-hybridized carbons (Fsp3) is 0.385. The number of hydrazine groups is 1. The van der Waals surface area contributed by atoms with Crippen LogP contribution in [0.15, 0.2) is 24.3 Å². The van der Waals surface area contributed by atoms with Gasteiger partial charge in [-0.2, -0.15) is 0 Å². The Morgan fingerprint density at radius 2 is 1.68 bits per heavy atom. The summed E-state index contributed by atoms with van der Waals surface area (Å²) in [4.78, 5) is 32.6. The predicted octanol–water partition coefficient (Wildman–Crippen LogP) is 2.26. The van der Waals surface area contributed by atoms with E-state index in [1.807, 2.05) is 10.9 Å². The van der Waals surface area contributed by atoms with Crippen LogP contribution in [0.1, 0.15) is 26.3 Å². The molecule has 9 nitrogen and oxygen atoms in total. The molecule has 0 aliphatic rings. The Hall–Kier alpha value is -2.84. The smallest absolute Gasteiger partial charge is 0.426 e. The third-order valence-corrected chi connectivity index (χ3v) is 2.18. The molecule has 0 saturated heterocycles. The van der Waals surface area contributed by atoms with Crippen molar-refractivity contribution in [1.82, 2.24) is 10.9 Å². The van der Waals surface area contributed by atoms with Crippen molar-refractivity contribution in [2.75, 3.05) is 0 Å². The van der Waals surface area contributed by atoms with Crippen LogP contribution >= 0.6 is 0 Å². The molecule has 1 aromatic rings. The van der Waals surface area contributed by atoms with Gasteiger partial charge in [0.1, 0.15) is 12.2 Å². The Kier molecular flexibility index (Phi) is 5.67. The van der Waals surface area contributed by atoms with Crippen molar-refractivity contribution in [3.05, 3.63) is 39.9 Å². The predicted molar refractivity (Wildman–Crippen MR) is 75.8 cm³/mol. The third kappa shape index (κ3) is 6.55. The van der Waals surface area contributed by atoms with E-state index >= 15 is 0 Å². The van der Waals surface area contributed by atoms with E-state index in [1.54, 1.807) is 20.8 Å². The van der Waals surface area contributed by atoms with Gasteiger partial charge < -0.3 is 9.47 Å². The fourth-order valence-corrected chi connectivity index (χ4v) is 1.30. The molecule has 0 aromatic heterocycles. The van der Waals surface area contributed by atoms with Crippen molar-refractivity contribution in [1.29, 1.82) is 0 Å². The molecule has 0 aliphatic carbocycles. The van der Waals surface area contributed by atoms with Crippen LogP contribution in [-0.4, -0.2) is 22.7 Å². The fourth-order valence-electron chi connectivity index (χ4n) is 1.30. The van der Waals surface area contributed by atoms with E-state index < -0.39 is 22.7 Å². The number of benzene rings is 1. The number of nitro groups is 1. The summed E-state index contributed by atoms with van der Waals surface area (Å²) in [5, 5.41) is 10.5. The molecule has 2 amide bonds. The SMILES string of the molecule is CC(C)(C)OC(=O)NNC(=O)OCc1ccc([N+](=O)[O-])cc1. The number of nitrogens with one attached hydrogen (secondary N) is 2. The maximum Gasteiger partial charge on any atom is 0.426 e. The Morgan fingerprint density at radius 3 is 2.18 bits per heavy atom. The van der Waals surface area contributed by atoms with Gasteiger partial charge >= 0.3 is 12.2 Å². The van der Waals surface area contributed by atoms with Gasteiger partial charge in [0.05, 0.1) is 4.92 Å². The van der Waals surface area contributed by atoms with Gasteiger partial charge in [0, 0.05) is 12.1 Å². The zero-order valence-corrected chi connectivity index (χ0v) is 12.4. The van der Waals surface area contributed by atoms with E-state index in [4.69, 9.17) is 9.47 Å². The molecule has 0 bridgehead atoms. The van der Waals surface area contributed by atoms with Crippen LogP contribution in [0.5, 0.6) is 0 Å². The number of hydrogen-bond donors (Lipinski definition) is 2. The molecule has 1 rings (SSSR count). The number of nitrogens with zero attached hydrogens (tertiary/aromatic N) is 1. The van der Waals surface area contributed by atoms with Crippen molar-refractivity contribution in [2.24, 2.45) is 0 Å². The number of nitro benzene ring substituents is 1. The molecule has 0 aliphatic heterocycles. The van der Waals surface area contributed by atoms with Crippen molar-refractivity contribution in [2.45, 2.75) is 33.0 Å². The van der Waals surface area contributed by atoms with Gasteiger partial charge in [0.2, 0.25) is 0 Å². The highest BCUT2D eigenvalue weighted by Gasteiger charge is 2.16. The van der Waals surface area contributed by atoms with Crippen LogP contribution in [0.25, 0.3) is 0 Å². The number of hydrogen-bond acceptors (Lipinski definition) is 6. The lowest BCUT2D eigenvalue weighted by Gasteiger charge is -2.19. The van der Waals surface area contributed by atoms with Crippen LogP contribution in [-0.2, 0) is 16.1 Å². The molecule has 22 heavy (non-hydrogen) atoms. The van der Waals surface area contributed by atoms with Gasteiger partial charge in [-0.3, -0.25) is 10.1 Å². The number of amides is 2. The molecular weight excluding hydrogens is 294 g/mol. The van der Waals surface area contributed by atoms with Crippen molar-refractivity contribution in [3.8, 4) is 0 Å². The number of carbonyl (C=O) groups excluding carboxylic acids is 2. The van der Waals surface area contributed by atoms with Crippen molar-refractivity contribution < 1.29 is 24.0 Å². The highest BCUT2D eigenvalue weighted by molar-refractivity contribution is 5.73. The standard InChI is InChI=1S/C13H17N3O6/c1-13(2,3)22-12(18)15-14-11(17)21-8-9-4-6-10(7-5-9)16(19)20/h4-7H,8H2,1-3H3,(H,14,17)(H,15,18). The lowest BCUT2D eigenvalue weighted by atomic mass is 10.2. The van der Waals surface area contributed by atoms with Crippen LogP contribution in [0.2, 0.25) is 0 Å². The average Bonchev–Trinajstić information content (AvgIpc) is 2.41. The number of rotatable bonds is 3. The summed E-state index contributed by atoms with van der Waals surface area (Å²) in [5.74, 6) is 0. The molecule has 0 fully saturated rings. The van der Waals surface area contributed by atoms with E-state index in [0.717, 1.165) is 0 Å². The van der Waals surface area contributed by atoms with Gasteiger partial charge in [-0.15, -0.1) is 0 Å². The summed E-state index contributed by atoms with van der Waals surface area (Å²) in [6.45, 7) is 4.94. The third-order valence-electron chi connectivity index (χ3n) is 2.18. The summed E-state index contributed by atoms with van der Waals surface area (Å²) in [6.07, 6.45) is -1.70. The first-order valence-electron chi connectivity index (χ1n) is 6.32. The summed E-state index contributed by atoms with van der Waals surface area (Å²) in [5.41, 5.74) is 3.86. The van der Waals surface area contributed by atoms with E-state index in [0.29, 0.717) is 5.56 Å². The van der Waals surface area contributed by atoms with Gasteiger partial charge in [-0.1, -0.05) is 0 Å². The van der Waals surface area contributed by atoms with Gasteiger partial charge in [0.15, 0.2) is 0 Å². The number of ether oxygens (including phenoxy) is 2. The largest absolute Gasteiger partial charge is 0.443 e. The summed E-state index contributed by atoms with van der Waals surface area (Å²) in [7, 11) is 0. The van der Waals surface area contributed by atoms with E-state index in [2.05, 4.69) is 0 Å². The summed E-state index contributed by atoms with van der Waals surface area (Å²) < 4.78 is 9.72. The first kappa shape index (κ1) is 17.2. The summed E-state index contributed by atoms with van der Waals surface area (Å²) >= 11 is 0. The molecule has 0 heterocycles. The minimum Gasteiger partial charge on any atom is -0.443 e. The van der Waals surface area contributed by atoms with E-state index in [1.165, 1.54) is 24.3 Å². The first-order valence-corrected chi connectivity index (χ1v) is 6.32. The normalized spacial score (nSPS) is 10.5. The second-order valence-corrected chi connectivity index (χ2v) is 5.25. The van der Waals surface area contributed by atoms with Gasteiger partial charge in [-0.05, 0) is 38.5 Å². The molecule has 2 N–H and O–H groups in total. The topological polar surface area (TPSA) is 120 Å². The van der Waals surface area contributed by atoms with Crippen LogP contribution in [0.3, 0.4) is 0 Å². The molecule has 0 radical (unpaired) electrons. The Labute approximate surface area is 126 Å². The van der Waals surface area contributed by atoms with Crippen LogP contribution < -0.4 is 10.9 Å². The number of carbonyl (C=O) groups is 2. The molecule has 0 atom stereocenters. The Morgan fingerprint density at radius 1 is 1.14 bits per heavy atom. The minimum absolute atomic E-state index is 0.0557. The summed E-state index contributed by atoms with van der Waals surface area (Å²) in [6, 6.07) is 5.53. The highest BCUT2D eigenvalue weighted by Crippen LogP contribution is 2.12. The average molecular weight is 311 g/mol.